The van der Waals surface area contributed by atoms with E-state index in [-0.39, 0.29) is 12.3 Å². The Balaban J connectivity index is 2.26. The van der Waals surface area contributed by atoms with E-state index in [1.807, 2.05) is 0 Å². The Bertz CT molecular complexity index is 827. The number of H-pyrrole nitrogens is 1. The minimum absolute atomic E-state index is 0.182. The molecular weight excluding hydrogens is 359 g/mol. The summed E-state index contributed by atoms with van der Waals surface area (Å²) in [6, 6.07) is 3.94. The Morgan fingerprint density at radius 1 is 1.35 bits per heavy atom. The monoisotopic (exact) mass is 380 g/mol. The van der Waals surface area contributed by atoms with Crippen molar-refractivity contribution in [2.75, 3.05) is 14.2 Å². The van der Waals surface area contributed by atoms with E-state index in [0.29, 0.717) is 33.1 Å². The Morgan fingerprint density at radius 2 is 2.00 bits per heavy atom. The van der Waals surface area contributed by atoms with E-state index in [0.717, 1.165) is 0 Å². The molecule has 0 saturated heterocycles. The van der Waals surface area contributed by atoms with Gasteiger partial charge in [0.15, 0.2) is 5.78 Å². The first kappa shape index (κ1) is 20.1. The van der Waals surface area contributed by atoms with Gasteiger partial charge in [-0.15, -0.1) is 0 Å². The van der Waals surface area contributed by atoms with Crippen molar-refractivity contribution in [3.63, 3.8) is 0 Å². The van der Waals surface area contributed by atoms with Crippen LogP contribution in [0.25, 0.3) is 0 Å². The van der Waals surface area contributed by atoms with Crippen LogP contribution in [-0.2, 0) is 11.3 Å². The Morgan fingerprint density at radius 3 is 2.58 bits per heavy atom. The third-order valence-corrected chi connectivity index (χ3v) is 4.94. The average molecular weight is 381 g/mol. The van der Waals surface area contributed by atoms with Crippen LogP contribution in [0.4, 0.5) is 4.39 Å². The van der Waals surface area contributed by atoms with E-state index in [2.05, 4.69) is 4.98 Å². The molecular formula is C19H22ClFN2O3. The number of nitrogens with one attached hydrogen (secondary N) is 1. The molecule has 0 amide bonds. The highest BCUT2D eigenvalue weighted by atomic mass is 35.5. The Kier molecular flexibility index (Phi) is 6.21. The van der Waals surface area contributed by atoms with Gasteiger partial charge in [0.05, 0.1) is 24.4 Å². The summed E-state index contributed by atoms with van der Waals surface area (Å²) in [5.74, 6) is -1.10. The number of rotatable bonds is 6. The SMILES string of the molecule is COC(=O)c1c(C)[nH]c(C(=O)[C@@H](C)N(C)Cc2c(F)cccc2Cl)c1C. The van der Waals surface area contributed by atoms with E-state index >= 15 is 0 Å². The van der Waals surface area contributed by atoms with E-state index in [1.165, 1.54) is 19.2 Å². The first-order chi connectivity index (χ1) is 12.2. The Labute approximate surface area is 157 Å². The zero-order valence-electron chi connectivity index (χ0n) is 15.4. The number of hydrogen-bond donors (Lipinski definition) is 1. The number of carbonyl (C=O) groups excluding carboxylic acids is 2. The molecule has 0 radical (unpaired) electrons. The van der Waals surface area contributed by atoms with Crippen molar-refractivity contribution >= 4 is 23.4 Å². The zero-order chi connectivity index (χ0) is 19.6. The van der Waals surface area contributed by atoms with Gasteiger partial charge >= 0.3 is 5.97 Å². The summed E-state index contributed by atoms with van der Waals surface area (Å²) in [4.78, 5) is 29.5. The minimum atomic E-state index is -0.548. The molecule has 0 bridgehead atoms. The number of methoxy groups -OCH3 is 1. The van der Waals surface area contributed by atoms with Gasteiger partial charge in [0.1, 0.15) is 5.82 Å². The standard InChI is InChI=1S/C19H22ClFN2O3/c1-10-16(19(25)26-5)11(2)22-17(10)18(24)12(3)23(4)9-13-14(20)7-6-8-15(13)21/h6-8,12,22H,9H2,1-5H3/t12-/m1/s1. The number of likely N-dealkylation sites (N-methyl/N-ethyl adjacent to an activating group) is 1. The molecule has 0 aliphatic heterocycles. The normalized spacial score (nSPS) is 12.3. The van der Waals surface area contributed by atoms with Gasteiger partial charge in [-0.1, -0.05) is 17.7 Å². The van der Waals surface area contributed by atoms with Gasteiger partial charge in [-0.2, -0.15) is 0 Å². The molecule has 1 aromatic heterocycles. The first-order valence-electron chi connectivity index (χ1n) is 8.13. The molecule has 2 rings (SSSR count). The maximum atomic E-state index is 14.0. The fourth-order valence-electron chi connectivity index (χ4n) is 2.88. The van der Waals surface area contributed by atoms with Crippen LogP contribution >= 0.6 is 11.6 Å². The van der Waals surface area contributed by atoms with Crippen LogP contribution in [0.3, 0.4) is 0 Å². The van der Waals surface area contributed by atoms with Crippen molar-refractivity contribution in [3.05, 3.63) is 57.1 Å². The lowest BCUT2D eigenvalue weighted by molar-refractivity contribution is 0.0599. The molecule has 0 aliphatic carbocycles. The number of carbonyl (C=O) groups is 2. The number of aromatic nitrogens is 1. The fourth-order valence-corrected chi connectivity index (χ4v) is 3.11. The van der Waals surface area contributed by atoms with Gasteiger partial charge < -0.3 is 9.72 Å². The second-order valence-corrected chi connectivity index (χ2v) is 6.68. The number of ether oxygens (including phenoxy) is 1. The summed E-state index contributed by atoms with van der Waals surface area (Å²) in [7, 11) is 3.02. The summed E-state index contributed by atoms with van der Waals surface area (Å²) in [5, 5.41) is 0.316. The fraction of sp³-hybridized carbons (Fsp3) is 0.368. The van der Waals surface area contributed by atoms with Gasteiger partial charge in [-0.3, -0.25) is 9.69 Å². The number of ketones is 1. The van der Waals surface area contributed by atoms with Crippen LogP contribution in [0.5, 0.6) is 0 Å². The van der Waals surface area contributed by atoms with E-state index < -0.39 is 17.8 Å². The van der Waals surface area contributed by atoms with Gasteiger partial charge in [0.25, 0.3) is 0 Å². The number of benzene rings is 1. The van der Waals surface area contributed by atoms with Crippen LogP contribution in [0.1, 0.15) is 44.6 Å². The maximum absolute atomic E-state index is 14.0. The van der Waals surface area contributed by atoms with Crippen LogP contribution < -0.4 is 0 Å². The number of esters is 1. The van der Waals surface area contributed by atoms with Crippen molar-refractivity contribution in [1.82, 2.24) is 9.88 Å². The molecule has 5 nitrogen and oxygen atoms in total. The predicted octanol–water partition coefficient (Wildman–Crippen LogP) is 3.91. The molecule has 1 atom stereocenters. The number of nitrogens with zero attached hydrogens (tertiary/aromatic N) is 1. The molecule has 0 saturated carbocycles. The molecule has 0 aliphatic rings. The second-order valence-electron chi connectivity index (χ2n) is 6.27. The molecule has 0 unspecified atom stereocenters. The molecule has 1 N–H and O–H groups in total. The van der Waals surface area contributed by atoms with Crippen LogP contribution in [0.15, 0.2) is 18.2 Å². The van der Waals surface area contributed by atoms with Crippen LogP contribution in [-0.4, -0.2) is 41.8 Å². The lowest BCUT2D eigenvalue weighted by Crippen LogP contribution is -2.36. The Hall–Kier alpha value is -2.18. The second kappa shape index (κ2) is 8.01. The van der Waals surface area contributed by atoms with Crippen molar-refractivity contribution in [2.24, 2.45) is 0 Å². The highest BCUT2D eigenvalue weighted by Gasteiger charge is 2.27. The largest absolute Gasteiger partial charge is 0.465 e. The molecule has 26 heavy (non-hydrogen) atoms. The predicted molar refractivity (Wildman–Crippen MR) is 98.3 cm³/mol. The molecule has 1 heterocycles. The molecule has 2 aromatic rings. The first-order valence-corrected chi connectivity index (χ1v) is 8.51. The number of Topliss-reactive ketones (excluding diaryl/α,β-unsaturated/α-hetero) is 1. The molecule has 0 fully saturated rings. The van der Waals surface area contributed by atoms with Gasteiger partial charge in [-0.05, 0) is 45.5 Å². The third-order valence-electron chi connectivity index (χ3n) is 4.58. The lowest BCUT2D eigenvalue weighted by atomic mass is 10.0. The molecule has 7 heteroatoms. The molecule has 0 spiro atoms. The summed E-state index contributed by atoms with van der Waals surface area (Å²) in [5.41, 5.74) is 2.17. The molecule has 140 valence electrons. The lowest BCUT2D eigenvalue weighted by Gasteiger charge is -2.24. The summed E-state index contributed by atoms with van der Waals surface area (Å²) < 4.78 is 18.8. The van der Waals surface area contributed by atoms with E-state index in [1.54, 1.807) is 38.8 Å². The molecule has 1 aromatic carbocycles. The van der Waals surface area contributed by atoms with Crippen LogP contribution in [0, 0.1) is 19.7 Å². The van der Waals surface area contributed by atoms with Crippen molar-refractivity contribution in [1.29, 1.82) is 0 Å². The highest BCUT2D eigenvalue weighted by molar-refractivity contribution is 6.31. The van der Waals surface area contributed by atoms with Crippen molar-refractivity contribution in [3.8, 4) is 0 Å². The quantitative estimate of drug-likeness (QED) is 0.609. The van der Waals surface area contributed by atoms with Crippen molar-refractivity contribution < 1.29 is 18.7 Å². The third kappa shape index (κ3) is 3.81. The summed E-state index contributed by atoms with van der Waals surface area (Å²) >= 11 is 6.07. The smallest absolute Gasteiger partial charge is 0.339 e. The van der Waals surface area contributed by atoms with E-state index in [9.17, 15) is 14.0 Å². The highest BCUT2D eigenvalue weighted by Crippen LogP contribution is 2.24. The zero-order valence-corrected chi connectivity index (χ0v) is 16.2. The summed E-state index contributed by atoms with van der Waals surface area (Å²) in [6.07, 6.45) is 0. The van der Waals surface area contributed by atoms with E-state index in [4.69, 9.17) is 16.3 Å². The number of aromatic amines is 1. The number of hydrogen-bond acceptors (Lipinski definition) is 4. The van der Waals surface area contributed by atoms with Gasteiger partial charge in [0.2, 0.25) is 0 Å². The van der Waals surface area contributed by atoms with Gasteiger partial charge in [-0.25, -0.2) is 9.18 Å². The maximum Gasteiger partial charge on any atom is 0.339 e. The average Bonchev–Trinajstić information content (AvgIpc) is 2.90. The summed E-state index contributed by atoms with van der Waals surface area (Å²) in [6.45, 7) is 5.32. The van der Waals surface area contributed by atoms with Gasteiger partial charge in [0, 0.05) is 22.8 Å². The van der Waals surface area contributed by atoms with Crippen molar-refractivity contribution in [2.45, 2.75) is 33.4 Å². The topological polar surface area (TPSA) is 62.4 Å². The van der Waals surface area contributed by atoms with Crippen LogP contribution in [0.2, 0.25) is 5.02 Å². The minimum Gasteiger partial charge on any atom is -0.465 e. The number of halogens is 2. The number of aryl methyl sites for hydroxylation is 1.